The molecule has 0 unspecified atom stereocenters. The summed E-state index contributed by atoms with van der Waals surface area (Å²) in [7, 11) is 0. The third kappa shape index (κ3) is 3.47. The highest BCUT2D eigenvalue weighted by Gasteiger charge is 2.15. The molecule has 0 aliphatic heterocycles. The maximum Gasteiger partial charge on any atom is 0.326 e. The summed E-state index contributed by atoms with van der Waals surface area (Å²) in [5.74, 6) is -1.34. The molecule has 0 atom stereocenters. The number of fused-ring (bicyclic) bond motifs is 1. The van der Waals surface area contributed by atoms with Crippen molar-refractivity contribution in [3.05, 3.63) is 57.2 Å². The number of nitrogens with one attached hydrogen (secondary N) is 2. The fraction of sp³-hybridized carbons (Fsp3) is 0.176. The van der Waals surface area contributed by atoms with E-state index < -0.39 is 17.8 Å². The summed E-state index contributed by atoms with van der Waals surface area (Å²) >= 11 is 1.41. The molecule has 134 valence electrons. The number of anilines is 1. The van der Waals surface area contributed by atoms with Crippen LogP contribution in [0.1, 0.15) is 10.4 Å². The van der Waals surface area contributed by atoms with Crippen LogP contribution in [-0.4, -0.2) is 21.5 Å². The van der Waals surface area contributed by atoms with E-state index in [0.29, 0.717) is 10.2 Å². The number of amides is 3. The number of carbonyl (C=O) groups excluding carboxylic acids is 2. The maximum atomic E-state index is 13.5. The van der Waals surface area contributed by atoms with Crippen molar-refractivity contribution < 1.29 is 14.0 Å². The molecule has 0 radical (unpaired) electrons. The molecule has 2 heterocycles. The summed E-state index contributed by atoms with van der Waals surface area (Å²) in [6.45, 7) is 3.34. The number of rotatable bonds is 3. The summed E-state index contributed by atoms with van der Waals surface area (Å²) in [6, 6.07) is 4.69. The third-order valence-electron chi connectivity index (χ3n) is 3.84. The van der Waals surface area contributed by atoms with Crippen LogP contribution >= 0.6 is 11.3 Å². The average Bonchev–Trinajstić information content (AvgIpc) is 2.87. The number of imide groups is 1. The van der Waals surface area contributed by atoms with Gasteiger partial charge >= 0.3 is 6.03 Å². The van der Waals surface area contributed by atoms with Gasteiger partial charge in [-0.15, -0.1) is 11.3 Å². The summed E-state index contributed by atoms with van der Waals surface area (Å²) in [5, 5.41) is 4.77. The third-order valence-corrected chi connectivity index (χ3v) is 4.96. The summed E-state index contributed by atoms with van der Waals surface area (Å²) in [5.41, 5.74) is 0.429. The lowest BCUT2D eigenvalue weighted by atomic mass is 10.2. The molecule has 0 bridgehead atoms. The van der Waals surface area contributed by atoms with Crippen molar-refractivity contribution in [3.63, 3.8) is 0 Å². The average molecular weight is 374 g/mol. The van der Waals surface area contributed by atoms with E-state index in [1.165, 1.54) is 35.9 Å². The minimum Gasteiger partial charge on any atom is -0.305 e. The molecule has 0 aliphatic carbocycles. The van der Waals surface area contributed by atoms with Gasteiger partial charge in [-0.05, 0) is 31.5 Å². The van der Waals surface area contributed by atoms with Crippen molar-refractivity contribution in [3.8, 4) is 0 Å². The first-order chi connectivity index (χ1) is 12.4. The predicted octanol–water partition coefficient (Wildman–Crippen LogP) is 2.56. The van der Waals surface area contributed by atoms with E-state index in [9.17, 15) is 18.8 Å². The monoisotopic (exact) mass is 374 g/mol. The Morgan fingerprint density at radius 3 is 2.73 bits per heavy atom. The Balaban J connectivity index is 1.72. The van der Waals surface area contributed by atoms with Gasteiger partial charge in [-0.3, -0.25) is 19.5 Å². The van der Waals surface area contributed by atoms with E-state index in [0.717, 1.165) is 15.0 Å². The quantitative estimate of drug-likeness (QED) is 0.737. The van der Waals surface area contributed by atoms with Gasteiger partial charge in [-0.1, -0.05) is 12.1 Å². The molecule has 1 aromatic carbocycles. The maximum absolute atomic E-state index is 13.5. The highest BCUT2D eigenvalue weighted by molar-refractivity contribution is 7.18. The topological polar surface area (TPSA) is 93.1 Å². The first kappa shape index (κ1) is 17.7. The van der Waals surface area contributed by atoms with Crippen molar-refractivity contribution in [2.24, 2.45) is 0 Å². The van der Waals surface area contributed by atoms with Gasteiger partial charge in [0.15, 0.2) is 0 Å². The van der Waals surface area contributed by atoms with Crippen molar-refractivity contribution in [1.29, 1.82) is 0 Å². The molecule has 3 aromatic rings. The Morgan fingerprint density at radius 1 is 1.27 bits per heavy atom. The fourth-order valence-electron chi connectivity index (χ4n) is 2.42. The van der Waals surface area contributed by atoms with Crippen molar-refractivity contribution in [2.45, 2.75) is 20.4 Å². The van der Waals surface area contributed by atoms with Gasteiger partial charge in [0.1, 0.15) is 17.2 Å². The van der Waals surface area contributed by atoms with E-state index >= 15 is 0 Å². The molecule has 0 aliphatic rings. The normalized spacial score (nSPS) is 10.7. The number of urea groups is 1. The molecule has 2 aromatic heterocycles. The summed E-state index contributed by atoms with van der Waals surface area (Å²) in [4.78, 5) is 42.1. The first-order valence-electron chi connectivity index (χ1n) is 7.67. The Bertz CT molecular complexity index is 1070. The van der Waals surface area contributed by atoms with Gasteiger partial charge in [0, 0.05) is 4.88 Å². The zero-order valence-corrected chi connectivity index (χ0v) is 14.8. The van der Waals surface area contributed by atoms with Gasteiger partial charge in [0.05, 0.1) is 17.4 Å². The number of halogens is 1. The molecule has 26 heavy (non-hydrogen) atoms. The standard InChI is InChI=1S/C17H15FN4O3S/c1-9-10(2)26-15-14(9)16(24)22(8-19-15)7-13(23)21-17(25)20-12-6-4-3-5-11(12)18/h3-6,8H,7H2,1-2H3,(H2,20,21,23,25). The van der Waals surface area contributed by atoms with E-state index in [2.05, 4.69) is 15.6 Å². The van der Waals surface area contributed by atoms with Gasteiger partial charge in [0.25, 0.3) is 5.56 Å². The number of benzene rings is 1. The second-order valence-electron chi connectivity index (χ2n) is 5.62. The lowest BCUT2D eigenvalue weighted by Gasteiger charge is -2.08. The number of thiophene rings is 1. The number of carbonyl (C=O) groups is 2. The number of aryl methyl sites for hydroxylation is 2. The SMILES string of the molecule is Cc1sc2ncn(CC(=O)NC(=O)Nc3ccccc3F)c(=O)c2c1C. The molecule has 0 spiro atoms. The van der Waals surface area contributed by atoms with Crippen LogP contribution in [-0.2, 0) is 11.3 Å². The zero-order chi connectivity index (χ0) is 18.8. The van der Waals surface area contributed by atoms with E-state index in [1.54, 1.807) is 6.07 Å². The minimum atomic E-state index is -0.884. The molecule has 7 nitrogen and oxygen atoms in total. The number of nitrogens with zero attached hydrogens (tertiary/aromatic N) is 2. The Hall–Kier alpha value is -3.07. The van der Waals surface area contributed by atoms with Gasteiger partial charge in [0.2, 0.25) is 5.91 Å². The number of hydrogen-bond donors (Lipinski definition) is 2. The van der Waals surface area contributed by atoms with Crippen LogP contribution in [0.5, 0.6) is 0 Å². The van der Waals surface area contributed by atoms with Gasteiger partial charge in [-0.25, -0.2) is 14.2 Å². The predicted molar refractivity (Wildman–Crippen MR) is 96.9 cm³/mol. The fourth-order valence-corrected chi connectivity index (χ4v) is 3.41. The van der Waals surface area contributed by atoms with E-state index in [1.807, 2.05) is 13.8 Å². The number of para-hydroxylation sites is 1. The lowest BCUT2D eigenvalue weighted by Crippen LogP contribution is -2.38. The second kappa shape index (κ2) is 7.04. The molecule has 3 amide bonds. The zero-order valence-electron chi connectivity index (χ0n) is 14.0. The molecule has 9 heteroatoms. The van der Waals surface area contributed by atoms with Crippen LogP contribution in [0.2, 0.25) is 0 Å². The van der Waals surface area contributed by atoms with Crippen LogP contribution in [0, 0.1) is 19.7 Å². The number of hydrogen-bond acceptors (Lipinski definition) is 5. The van der Waals surface area contributed by atoms with Crippen LogP contribution in [0.25, 0.3) is 10.2 Å². The van der Waals surface area contributed by atoms with Crippen molar-refractivity contribution in [2.75, 3.05) is 5.32 Å². The number of aromatic nitrogens is 2. The van der Waals surface area contributed by atoms with Gasteiger partial charge < -0.3 is 5.32 Å². The van der Waals surface area contributed by atoms with Crippen LogP contribution in [0.3, 0.4) is 0 Å². The van der Waals surface area contributed by atoms with Crippen LogP contribution in [0.4, 0.5) is 14.9 Å². The lowest BCUT2D eigenvalue weighted by molar-refractivity contribution is -0.120. The largest absolute Gasteiger partial charge is 0.326 e. The minimum absolute atomic E-state index is 0.0533. The van der Waals surface area contributed by atoms with Gasteiger partial charge in [-0.2, -0.15) is 0 Å². The summed E-state index contributed by atoms with van der Waals surface area (Å²) < 4.78 is 14.6. The smallest absolute Gasteiger partial charge is 0.305 e. The molecular weight excluding hydrogens is 359 g/mol. The van der Waals surface area contributed by atoms with E-state index in [4.69, 9.17) is 0 Å². The van der Waals surface area contributed by atoms with Crippen molar-refractivity contribution in [1.82, 2.24) is 14.9 Å². The molecular formula is C17H15FN4O3S. The first-order valence-corrected chi connectivity index (χ1v) is 8.49. The Labute approximate surface area is 151 Å². The highest BCUT2D eigenvalue weighted by atomic mass is 32.1. The van der Waals surface area contributed by atoms with Crippen LogP contribution in [0.15, 0.2) is 35.4 Å². The van der Waals surface area contributed by atoms with Crippen LogP contribution < -0.4 is 16.2 Å². The molecule has 0 fully saturated rings. The highest BCUT2D eigenvalue weighted by Crippen LogP contribution is 2.25. The van der Waals surface area contributed by atoms with E-state index in [-0.39, 0.29) is 17.8 Å². The second-order valence-corrected chi connectivity index (χ2v) is 6.83. The molecule has 3 rings (SSSR count). The Kier molecular flexibility index (Phi) is 4.81. The molecule has 0 saturated heterocycles. The Morgan fingerprint density at radius 2 is 2.00 bits per heavy atom. The molecule has 2 N–H and O–H groups in total. The van der Waals surface area contributed by atoms with Crippen molar-refractivity contribution >= 4 is 39.2 Å². The summed E-state index contributed by atoms with van der Waals surface area (Å²) in [6.07, 6.45) is 1.27. The molecule has 0 saturated carbocycles.